The van der Waals surface area contributed by atoms with E-state index in [2.05, 4.69) is 16.6 Å². The van der Waals surface area contributed by atoms with Crippen molar-refractivity contribution >= 4 is 25.0 Å². The number of hydrogen-bond donors (Lipinski definition) is 0. The van der Waals surface area contributed by atoms with Gasteiger partial charge in [-0.05, 0) is 12.8 Å². The first-order chi connectivity index (χ1) is 8.06. The van der Waals surface area contributed by atoms with Gasteiger partial charge in [-0.1, -0.05) is 17.6 Å². The number of esters is 1. The van der Waals surface area contributed by atoms with E-state index in [1.165, 1.54) is 18.2 Å². The number of nitrogens with zero attached hydrogens (tertiary/aromatic N) is 1. The third kappa shape index (κ3) is 3.35. The first-order valence-corrected chi connectivity index (χ1v) is 4.78. The Hall–Kier alpha value is -2.29. The standard InChI is InChI=1S/C11H8BNO4/c1-2-17-11(14)7-6-8-9(12)4-3-5-10(8)13(15)16/h3-5H,2H2,1H3. The largest absolute Gasteiger partial charge is 0.456 e. The van der Waals surface area contributed by atoms with E-state index in [-0.39, 0.29) is 23.3 Å². The van der Waals surface area contributed by atoms with Gasteiger partial charge in [0.15, 0.2) is 0 Å². The van der Waals surface area contributed by atoms with Crippen LogP contribution in [0.25, 0.3) is 0 Å². The average molecular weight is 229 g/mol. The molecule has 0 fully saturated rings. The SMILES string of the molecule is [B]c1cccc([N+](=O)[O-])c1C#CC(=O)OCC. The van der Waals surface area contributed by atoms with Crippen LogP contribution in [0.1, 0.15) is 12.5 Å². The first-order valence-electron chi connectivity index (χ1n) is 4.78. The molecule has 0 atom stereocenters. The van der Waals surface area contributed by atoms with Gasteiger partial charge >= 0.3 is 5.97 Å². The molecule has 0 amide bonds. The van der Waals surface area contributed by atoms with Crippen molar-refractivity contribution in [2.24, 2.45) is 0 Å². The quantitative estimate of drug-likeness (QED) is 0.240. The molecule has 2 radical (unpaired) electrons. The lowest BCUT2D eigenvalue weighted by atomic mass is 9.90. The second-order valence-electron chi connectivity index (χ2n) is 2.97. The summed E-state index contributed by atoms with van der Waals surface area (Å²) in [5, 5.41) is 10.7. The van der Waals surface area contributed by atoms with Gasteiger partial charge in [0.25, 0.3) is 5.69 Å². The van der Waals surface area contributed by atoms with E-state index in [9.17, 15) is 14.9 Å². The number of benzene rings is 1. The predicted molar refractivity (Wildman–Crippen MR) is 62.0 cm³/mol. The molecule has 0 saturated heterocycles. The summed E-state index contributed by atoms with van der Waals surface area (Å²) in [5.74, 6) is 3.75. The Bertz CT molecular complexity index is 516. The molecule has 0 aliphatic rings. The molecule has 0 saturated carbocycles. The second-order valence-corrected chi connectivity index (χ2v) is 2.97. The number of carbonyl (C=O) groups is 1. The average Bonchev–Trinajstić information content (AvgIpc) is 2.27. The number of nitro groups is 1. The highest BCUT2D eigenvalue weighted by molar-refractivity contribution is 6.34. The molecule has 1 aromatic carbocycles. The molecule has 0 bridgehead atoms. The van der Waals surface area contributed by atoms with Gasteiger partial charge in [0, 0.05) is 12.0 Å². The van der Waals surface area contributed by atoms with Crippen LogP contribution < -0.4 is 5.46 Å². The fraction of sp³-hybridized carbons (Fsp3) is 0.182. The van der Waals surface area contributed by atoms with Gasteiger partial charge in [0.2, 0.25) is 0 Å². The molecule has 1 aromatic rings. The zero-order chi connectivity index (χ0) is 12.8. The van der Waals surface area contributed by atoms with Crippen LogP contribution in [0.15, 0.2) is 18.2 Å². The molecule has 0 aromatic heterocycles. The minimum Gasteiger partial charge on any atom is -0.456 e. The molecule has 0 unspecified atom stereocenters. The zero-order valence-electron chi connectivity index (χ0n) is 9.10. The summed E-state index contributed by atoms with van der Waals surface area (Å²) in [6.07, 6.45) is 0. The van der Waals surface area contributed by atoms with E-state index < -0.39 is 10.9 Å². The van der Waals surface area contributed by atoms with E-state index in [4.69, 9.17) is 7.85 Å². The molecule has 17 heavy (non-hydrogen) atoms. The highest BCUT2D eigenvalue weighted by Gasteiger charge is 2.13. The zero-order valence-corrected chi connectivity index (χ0v) is 9.10. The minimum absolute atomic E-state index is 0.0190. The molecule has 6 heteroatoms. The number of nitro benzene ring substituents is 1. The van der Waals surface area contributed by atoms with Crippen LogP contribution in [0.5, 0.6) is 0 Å². The lowest BCUT2D eigenvalue weighted by molar-refractivity contribution is -0.385. The highest BCUT2D eigenvalue weighted by atomic mass is 16.6. The normalized spacial score (nSPS) is 9.00. The Kier molecular flexibility index (Phi) is 4.29. The van der Waals surface area contributed by atoms with Gasteiger partial charge in [-0.15, -0.1) is 0 Å². The van der Waals surface area contributed by atoms with E-state index in [1.54, 1.807) is 6.92 Å². The van der Waals surface area contributed by atoms with E-state index in [0.717, 1.165) is 0 Å². The summed E-state index contributed by atoms with van der Waals surface area (Å²) in [5.41, 5.74) is -0.0663. The van der Waals surface area contributed by atoms with Crippen molar-refractivity contribution in [1.29, 1.82) is 0 Å². The second kappa shape index (κ2) is 5.70. The fourth-order valence-corrected chi connectivity index (χ4v) is 1.13. The lowest BCUT2D eigenvalue weighted by Crippen LogP contribution is -2.10. The number of rotatable bonds is 2. The van der Waals surface area contributed by atoms with E-state index in [0.29, 0.717) is 0 Å². The molecular weight excluding hydrogens is 221 g/mol. The summed E-state index contributed by atoms with van der Waals surface area (Å²) in [6.45, 7) is 1.83. The van der Waals surface area contributed by atoms with Gasteiger partial charge in [-0.3, -0.25) is 10.1 Å². The Morgan fingerprint density at radius 2 is 2.29 bits per heavy atom. The van der Waals surface area contributed by atoms with Crippen molar-refractivity contribution in [3.63, 3.8) is 0 Å². The highest BCUT2D eigenvalue weighted by Crippen LogP contribution is 2.13. The fourth-order valence-electron chi connectivity index (χ4n) is 1.13. The summed E-state index contributed by atoms with van der Waals surface area (Å²) >= 11 is 0. The number of ether oxygens (including phenoxy) is 1. The topological polar surface area (TPSA) is 69.4 Å². The summed E-state index contributed by atoms with van der Waals surface area (Å²) in [4.78, 5) is 21.1. The van der Waals surface area contributed by atoms with Crippen molar-refractivity contribution in [3.05, 3.63) is 33.9 Å². The Balaban J connectivity index is 3.13. The summed E-state index contributed by atoms with van der Waals surface area (Å²) < 4.78 is 4.58. The van der Waals surface area contributed by atoms with Crippen molar-refractivity contribution < 1.29 is 14.5 Å². The molecule has 5 nitrogen and oxygen atoms in total. The number of carbonyl (C=O) groups excluding carboxylic acids is 1. The van der Waals surface area contributed by atoms with Crippen LogP contribution in [-0.4, -0.2) is 25.3 Å². The maximum Gasteiger partial charge on any atom is 0.384 e. The molecule has 84 valence electrons. The maximum atomic E-state index is 11.0. The summed E-state index contributed by atoms with van der Waals surface area (Å²) in [6, 6.07) is 4.19. The van der Waals surface area contributed by atoms with Crippen LogP contribution >= 0.6 is 0 Å². The third-order valence-corrected chi connectivity index (χ3v) is 1.84. The van der Waals surface area contributed by atoms with Crippen LogP contribution in [0.2, 0.25) is 0 Å². The Morgan fingerprint density at radius 1 is 1.59 bits per heavy atom. The molecule has 0 aliphatic carbocycles. The monoisotopic (exact) mass is 229 g/mol. The smallest absolute Gasteiger partial charge is 0.384 e. The van der Waals surface area contributed by atoms with Gasteiger partial charge in [-0.2, -0.15) is 0 Å². The lowest BCUT2D eigenvalue weighted by Gasteiger charge is -1.99. The van der Waals surface area contributed by atoms with Gasteiger partial charge in [-0.25, -0.2) is 4.79 Å². The molecule has 0 aliphatic heterocycles. The van der Waals surface area contributed by atoms with Crippen molar-refractivity contribution in [1.82, 2.24) is 0 Å². The summed E-state index contributed by atoms with van der Waals surface area (Å²) in [7, 11) is 5.56. The Morgan fingerprint density at radius 3 is 2.88 bits per heavy atom. The molecular formula is C11H8BNO4. The van der Waals surface area contributed by atoms with Crippen molar-refractivity contribution in [2.75, 3.05) is 6.61 Å². The number of hydrogen-bond acceptors (Lipinski definition) is 4. The van der Waals surface area contributed by atoms with E-state index in [1.807, 2.05) is 0 Å². The van der Waals surface area contributed by atoms with Crippen LogP contribution in [0.4, 0.5) is 5.69 Å². The van der Waals surface area contributed by atoms with Crippen LogP contribution in [-0.2, 0) is 9.53 Å². The Labute approximate surface area is 99.3 Å². The third-order valence-electron chi connectivity index (χ3n) is 1.84. The van der Waals surface area contributed by atoms with Crippen molar-refractivity contribution in [2.45, 2.75) is 6.92 Å². The van der Waals surface area contributed by atoms with E-state index >= 15 is 0 Å². The molecule has 0 spiro atoms. The van der Waals surface area contributed by atoms with Crippen LogP contribution in [0.3, 0.4) is 0 Å². The van der Waals surface area contributed by atoms with Crippen molar-refractivity contribution in [3.8, 4) is 11.8 Å². The molecule has 0 heterocycles. The molecule has 1 rings (SSSR count). The maximum absolute atomic E-state index is 11.0. The van der Waals surface area contributed by atoms with Crippen LogP contribution in [0, 0.1) is 22.0 Å². The minimum atomic E-state index is -0.745. The predicted octanol–water partition coefficient (Wildman–Crippen LogP) is 0.303. The van der Waals surface area contributed by atoms with Gasteiger partial charge < -0.3 is 4.74 Å². The first kappa shape index (κ1) is 12.8. The van der Waals surface area contributed by atoms with Gasteiger partial charge in [0.1, 0.15) is 7.85 Å². The van der Waals surface area contributed by atoms with Gasteiger partial charge in [0.05, 0.1) is 17.1 Å². The molecule has 0 N–H and O–H groups in total.